The maximum atomic E-state index is 12.6. The molecule has 3 aromatic carbocycles. The molecule has 3 aromatic rings. The van der Waals surface area contributed by atoms with Crippen molar-refractivity contribution in [1.82, 2.24) is 4.72 Å². The first kappa shape index (κ1) is 22.1. The summed E-state index contributed by atoms with van der Waals surface area (Å²) in [7, 11) is -3.39. The summed E-state index contributed by atoms with van der Waals surface area (Å²) < 4.78 is 28.3. The van der Waals surface area contributed by atoms with E-state index in [2.05, 4.69) is 52.1 Å². The van der Waals surface area contributed by atoms with Crippen LogP contribution in [-0.4, -0.2) is 32.8 Å². The molecule has 1 heterocycles. The number of nitrogens with zero attached hydrogens (tertiary/aromatic N) is 2. The lowest BCUT2D eigenvalue weighted by molar-refractivity contribution is 0.535. The van der Waals surface area contributed by atoms with Gasteiger partial charge in [0.1, 0.15) is 0 Å². The molecule has 2 atom stereocenters. The van der Waals surface area contributed by atoms with Crippen LogP contribution in [0.5, 0.6) is 0 Å². The van der Waals surface area contributed by atoms with Crippen molar-refractivity contribution >= 4 is 15.7 Å². The van der Waals surface area contributed by atoms with Crippen molar-refractivity contribution in [3.8, 4) is 17.2 Å². The van der Waals surface area contributed by atoms with E-state index in [4.69, 9.17) is 5.26 Å². The zero-order valence-electron chi connectivity index (χ0n) is 18.3. The van der Waals surface area contributed by atoms with Crippen LogP contribution in [0.1, 0.15) is 30.9 Å². The Balaban J connectivity index is 1.61. The zero-order valence-corrected chi connectivity index (χ0v) is 19.1. The largest absolute Gasteiger partial charge is 0.369 e. The van der Waals surface area contributed by atoms with Crippen LogP contribution in [0.4, 0.5) is 5.69 Å². The van der Waals surface area contributed by atoms with Crippen molar-refractivity contribution < 1.29 is 8.42 Å². The van der Waals surface area contributed by atoms with E-state index in [1.54, 1.807) is 13.8 Å². The molecule has 1 aliphatic heterocycles. The Morgan fingerprint density at radius 2 is 1.50 bits per heavy atom. The van der Waals surface area contributed by atoms with Gasteiger partial charge in [-0.05, 0) is 54.8 Å². The average Bonchev–Trinajstić information content (AvgIpc) is 3.23. The fourth-order valence-corrected chi connectivity index (χ4v) is 5.05. The van der Waals surface area contributed by atoms with Crippen LogP contribution in [-0.2, 0) is 10.0 Å². The van der Waals surface area contributed by atoms with Crippen molar-refractivity contribution in [3.05, 3.63) is 90.0 Å². The number of hydrogen-bond acceptors (Lipinski definition) is 4. The van der Waals surface area contributed by atoms with Gasteiger partial charge >= 0.3 is 0 Å². The Morgan fingerprint density at radius 3 is 2.06 bits per heavy atom. The monoisotopic (exact) mass is 445 g/mol. The molecule has 1 fully saturated rings. The molecule has 0 aromatic heterocycles. The van der Waals surface area contributed by atoms with Crippen LogP contribution in [0.25, 0.3) is 11.1 Å². The summed E-state index contributed by atoms with van der Waals surface area (Å²) in [4.78, 5) is 2.24. The second-order valence-corrected chi connectivity index (χ2v) is 10.7. The van der Waals surface area contributed by atoms with E-state index in [0.29, 0.717) is 12.1 Å². The maximum Gasteiger partial charge on any atom is 0.214 e. The molecule has 6 heteroatoms. The zero-order chi connectivity index (χ0) is 22.7. The van der Waals surface area contributed by atoms with Crippen LogP contribution in [0.3, 0.4) is 0 Å². The Labute approximate surface area is 190 Å². The fraction of sp³-hybridized carbons (Fsp3) is 0.269. The molecular formula is C26H27N3O2S. The minimum Gasteiger partial charge on any atom is -0.369 e. The van der Waals surface area contributed by atoms with Gasteiger partial charge in [-0.1, -0.05) is 54.6 Å². The minimum atomic E-state index is -3.39. The molecule has 1 saturated heterocycles. The Morgan fingerprint density at radius 1 is 0.906 bits per heavy atom. The number of nitriles is 1. The normalized spacial score (nSPS) is 18.6. The Kier molecular flexibility index (Phi) is 6.31. The number of sulfonamides is 1. The van der Waals surface area contributed by atoms with E-state index in [-0.39, 0.29) is 12.0 Å². The van der Waals surface area contributed by atoms with Gasteiger partial charge in [0.2, 0.25) is 10.0 Å². The van der Waals surface area contributed by atoms with Gasteiger partial charge in [-0.3, -0.25) is 0 Å². The van der Waals surface area contributed by atoms with Gasteiger partial charge in [-0.15, -0.1) is 0 Å². The van der Waals surface area contributed by atoms with Crippen molar-refractivity contribution in [2.75, 3.05) is 18.0 Å². The lowest BCUT2D eigenvalue weighted by atomic mass is 9.93. The van der Waals surface area contributed by atoms with Crippen LogP contribution < -0.4 is 9.62 Å². The highest BCUT2D eigenvalue weighted by Crippen LogP contribution is 2.33. The number of hydrogen-bond donors (Lipinski definition) is 1. The number of benzene rings is 3. The lowest BCUT2D eigenvalue weighted by Crippen LogP contribution is -2.43. The third-order valence-electron chi connectivity index (χ3n) is 6.06. The molecule has 0 amide bonds. The number of nitrogens with one attached hydrogen (secondary N) is 1. The van der Waals surface area contributed by atoms with E-state index >= 15 is 0 Å². The van der Waals surface area contributed by atoms with Crippen molar-refractivity contribution in [2.24, 2.45) is 0 Å². The van der Waals surface area contributed by atoms with E-state index in [0.717, 1.165) is 28.9 Å². The topological polar surface area (TPSA) is 73.2 Å². The molecule has 0 spiro atoms. The van der Waals surface area contributed by atoms with E-state index in [1.165, 1.54) is 0 Å². The predicted octanol–water partition coefficient (Wildman–Crippen LogP) is 4.53. The van der Waals surface area contributed by atoms with Crippen LogP contribution in [0, 0.1) is 11.3 Å². The number of rotatable bonds is 6. The van der Waals surface area contributed by atoms with Gasteiger partial charge in [-0.2, -0.15) is 5.26 Å². The highest BCUT2D eigenvalue weighted by Gasteiger charge is 2.37. The second kappa shape index (κ2) is 9.15. The summed E-state index contributed by atoms with van der Waals surface area (Å²) in [6.45, 7) is 4.77. The van der Waals surface area contributed by atoms with Gasteiger partial charge in [0.15, 0.2) is 0 Å². The fourth-order valence-electron chi connectivity index (χ4n) is 4.12. The van der Waals surface area contributed by atoms with E-state index < -0.39 is 15.3 Å². The quantitative estimate of drug-likeness (QED) is 0.605. The van der Waals surface area contributed by atoms with Crippen molar-refractivity contribution in [3.63, 3.8) is 0 Å². The van der Waals surface area contributed by atoms with Crippen LogP contribution in [0.2, 0.25) is 0 Å². The van der Waals surface area contributed by atoms with E-state index in [1.807, 2.05) is 42.5 Å². The average molecular weight is 446 g/mol. The summed E-state index contributed by atoms with van der Waals surface area (Å²) in [5, 5.41) is 8.52. The maximum absolute atomic E-state index is 12.6. The first-order chi connectivity index (χ1) is 15.4. The van der Waals surface area contributed by atoms with Gasteiger partial charge in [0.05, 0.1) is 16.9 Å². The lowest BCUT2D eigenvalue weighted by Gasteiger charge is -2.21. The molecule has 32 heavy (non-hydrogen) atoms. The van der Waals surface area contributed by atoms with Crippen LogP contribution >= 0.6 is 0 Å². The smallest absolute Gasteiger partial charge is 0.214 e. The minimum absolute atomic E-state index is 0.0405. The molecule has 0 radical (unpaired) electrons. The van der Waals surface area contributed by atoms with Gasteiger partial charge in [-0.25, -0.2) is 13.1 Å². The Hall–Kier alpha value is -3.14. The molecule has 1 aliphatic rings. The first-order valence-corrected chi connectivity index (χ1v) is 12.3. The predicted molar refractivity (Wildman–Crippen MR) is 129 cm³/mol. The third kappa shape index (κ3) is 4.69. The summed E-state index contributed by atoms with van der Waals surface area (Å²) in [5.41, 5.74) is 4.95. The molecular weight excluding hydrogens is 418 g/mol. The first-order valence-electron chi connectivity index (χ1n) is 10.8. The molecule has 4 rings (SSSR count). The SMILES string of the molecule is CC(C)S(=O)(=O)N[C@@H]1CN(c2ccccc2)C[C@H]1c1ccc(-c2ccc(C#N)cc2)cc1. The second-order valence-electron chi connectivity index (χ2n) is 8.48. The standard InChI is InChI=1S/C26H27N3O2S/c1-19(2)32(30,31)28-26-18-29(24-6-4-3-5-7-24)17-25(26)23-14-12-22(13-15-23)21-10-8-20(16-27)9-11-21/h3-15,19,25-26,28H,17-18H2,1-2H3/t25-,26+/m0/s1. The van der Waals surface area contributed by atoms with Crippen molar-refractivity contribution in [2.45, 2.75) is 31.1 Å². The summed E-state index contributed by atoms with van der Waals surface area (Å²) in [6.07, 6.45) is 0. The van der Waals surface area contributed by atoms with Gasteiger partial charge in [0, 0.05) is 30.7 Å². The molecule has 164 valence electrons. The summed E-state index contributed by atoms with van der Waals surface area (Å²) >= 11 is 0. The van der Waals surface area contributed by atoms with Gasteiger partial charge < -0.3 is 4.90 Å². The summed E-state index contributed by atoms with van der Waals surface area (Å²) in [5.74, 6) is 0.0405. The molecule has 1 N–H and O–H groups in total. The van der Waals surface area contributed by atoms with E-state index in [9.17, 15) is 8.42 Å². The Bertz CT molecular complexity index is 1200. The molecule has 5 nitrogen and oxygen atoms in total. The molecule has 0 saturated carbocycles. The van der Waals surface area contributed by atoms with Gasteiger partial charge in [0.25, 0.3) is 0 Å². The highest BCUT2D eigenvalue weighted by molar-refractivity contribution is 7.90. The number of para-hydroxylation sites is 1. The number of anilines is 1. The molecule has 0 aliphatic carbocycles. The van der Waals surface area contributed by atoms with Crippen molar-refractivity contribution in [1.29, 1.82) is 5.26 Å². The highest BCUT2D eigenvalue weighted by atomic mass is 32.2. The van der Waals surface area contributed by atoms with Crippen LogP contribution in [0.15, 0.2) is 78.9 Å². The molecule has 0 unspecified atom stereocenters. The third-order valence-corrected chi connectivity index (χ3v) is 7.94. The molecule has 0 bridgehead atoms. The summed E-state index contributed by atoms with van der Waals surface area (Å²) in [6, 6.07) is 27.9.